The summed E-state index contributed by atoms with van der Waals surface area (Å²) in [6.45, 7) is 1.05. The number of rotatable bonds is 1. The average molecular weight is 320 g/mol. The van der Waals surface area contributed by atoms with Crippen molar-refractivity contribution in [2.24, 2.45) is 0 Å². The van der Waals surface area contributed by atoms with Gasteiger partial charge in [-0.3, -0.25) is 0 Å². The van der Waals surface area contributed by atoms with E-state index < -0.39 is 0 Å². The Morgan fingerprint density at radius 3 is 2.83 bits per heavy atom. The molecule has 5 rings (SSSR count). The Morgan fingerprint density at radius 2 is 1.96 bits per heavy atom. The molecule has 1 aliphatic heterocycles. The van der Waals surface area contributed by atoms with Gasteiger partial charge in [0.25, 0.3) is 0 Å². The van der Waals surface area contributed by atoms with Crippen LogP contribution in [-0.2, 0) is 19.4 Å². The molecule has 2 aromatic heterocycles. The highest BCUT2D eigenvalue weighted by atomic mass is 16.5. The summed E-state index contributed by atoms with van der Waals surface area (Å²) < 4.78 is 11.6. The van der Waals surface area contributed by atoms with E-state index in [1.165, 1.54) is 0 Å². The summed E-state index contributed by atoms with van der Waals surface area (Å²) >= 11 is 0. The van der Waals surface area contributed by atoms with Crippen LogP contribution >= 0.6 is 0 Å². The summed E-state index contributed by atoms with van der Waals surface area (Å²) in [5.41, 5.74) is 3.40. The van der Waals surface area contributed by atoms with Crippen LogP contribution in [0.25, 0.3) is 11.0 Å². The van der Waals surface area contributed by atoms with Crippen molar-refractivity contribution in [3.05, 3.63) is 63.6 Å². The standard InChI is InChI=1S/C19H16N2O3/c22-19-14-5-3-4-12(14)13-7-8-16-15(18(13)24-19)10-21(11-23-16)17-6-1-2-9-20-17/h1-2,6-9H,3-5,10-11H2. The Kier molecular flexibility index (Phi) is 2.89. The SMILES string of the molecule is O=c1oc2c3c(ccc2c2c1CCC2)OCN(c1ccccn1)C3. The highest BCUT2D eigenvalue weighted by Gasteiger charge is 2.26. The molecule has 0 bridgehead atoms. The van der Waals surface area contributed by atoms with E-state index in [-0.39, 0.29) is 5.63 Å². The van der Waals surface area contributed by atoms with Gasteiger partial charge in [-0.05, 0) is 49.1 Å². The van der Waals surface area contributed by atoms with Crippen molar-refractivity contribution in [1.82, 2.24) is 4.98 Å². The van der Waals surface area contributed by atoms with Gasteiger partial charge in [0.1, 0.15) is 17.2 Å². The molecule has 0 unspecified atom stereocenters. The maximum atomic E-state index is 12.3. The second-order valence-corrected chi connectivity index (χ2v) is 6.28. The van der Waals surface area contributed by atoms with E-state index in [0.29, 0.717) is 18.9 Å². The Morgan fingerprint density at radius 1 is 1.04 bits per heavy atom. The molecule has 0 radical (unpaired) electrons. The topological polar surface area (TPSA) is 55.6 Å². The van der Waals surface area contributed by atoms with E-state index in [1.54, 1.807) is 6.20 Å². The number of nitrogens with zero attached hydrogens (tertiary/aromatic N) is 2. The average Bonchev–Trinajstić information content (AvgIpc) is 3.13. The van der Waals surface area contributed by atoms with E-state index >= 15 is 0 Å². The molecule has 3 heterocycles. The van der Waals surface area contributed by atoms with Crippen LogP contribution in [0.3, 0.4) is 0 Å². The molecule has 120 valence electrons. The monoisotopic (exact) mass is 320 g/mol. The van der Waals surface area contributed by atoms with Crippen molar-refractivity contribution in [3.8, 4) is 5.75 Å². The molecule has 0 N–H and O–H groups in total. The molecule has 3 aromatic rings. The van der Waals surface area contributed by atoms with Crippen molar-refractivity contribution in [1.29, 1.82) is 0 Å². The molecular weight excluding hydrogens is 304 g/mol. The zero-order chi connectivity index (χ0) is 16.1. The van der Waals surface area contributed by atoms with E-state index in [1.807, 2.05) is 35.2 Å². The zero-order valence-electron chi connectivity index (χ0n) is 13.1. The van der Waals surface area contributed by atoms with E-state index in [2.05, 4.69) is 4.98 Å². The molecule has 5 nitrogen and oxygen atoms in total. The second kappa shape index (κ2) is 5.09. The first-order chi connectivity index (χ1) is 11.8. The van der Waals surface area contributed by atoms with Gasteiger partial charge in [0.05, 0.1) is 12.1 Å². The Balaban J connectivity index is 1.68. The van der Waals surface area contributed by atoms with Crippen LogP contribution in [-0.4, -0.2) is 11.7 Å². The van der Waals surface area contributed by atoms with Crippen LogP contribution in [0.2, 0.25) is 0 Å². The quantitative estimate of drug-likeness (QED) is 0.645. The lowest BCUT2D eigenvalue weighted by Gasteiger charge is -2.30. The lowest BCUT2D eigenvalue weighted by atomic mass is 10.0. The smallest absolute Gasteiger partial charge is 0.339 e. The third kappa shape index (κ3) is 1.94. The van der Waals surface area contributed by atoms with Crippen molar-refractivity contribution < 1.29 is 9.15 Å². The van der Waals surface area contributed by atoms with Crippen molar-refractivity contribution in [2.45, 2.75) is 25.8 Å². The van der Waals surface area contributed by atoms with Gasteiger partial charge in [-0.1, -0.05) is 6.07 Å². The molecule has 0 atom stereocenters. The first-order valence-electron chi connectivity index (χ1n) is 8.20. The minimum Gasteiger partial charge on any atom is -0.473 e. The number of hydrogen-bond donors (Lipinski definition) is 0. The maximum absolute atomic E-state index is 12.3. The molecule has 0 amide bonds. The molecular formula is C19H16N2O3. The van der Waals surface area contributed by atoms with Gasteiger partial charge in [-0.15, -0.1) is 0 Å². The van der Waals surface area contributed by atoms with E-state index in [4.69, 9.17) is 9.15 Å². The number of hydrogen-bond acceptors (Lipinski definition) is 5. The molecule has 2 aliphatic rings. The van der Waals surface area contributed by atoms with Gasteiger partial charge < -0.3 is 14.1 Å². The second-order valence-electron chi connectivity index (χ2n) is 6.28. The van der Waals surface area contributed by atoms with E-state index in [0.717, 1.165) is 52.9 Å². The number of benzene rings is 1. The van der Waals surface area contributed by atoms with Gasteiger partial charge in [-0.2, -0.15) is 0 Å². The Labute approximate surface area is 138 Å². The summed E-state index contributed by atoms with van der Waals surface area (Å²) in [7, 11) is 0. The number of fused-ring (bicyclic) bond motifs is 5. The minimum atomic E-state index is -0.196. The molecule has 0 saturated heterocycles. The predicted molar refractivity (Wildman–Crippen MR) is 90.4 cm³/mol. The predicted octanol–water partition coefficient (Wildman–Crippen LogP) is 3.03. The number of ether oxygens (including phenoxy) is 1. The van der Waals surface area contributed by atoms with E-state index in [9.17, 15) is 4.79 Å². The highest BCUT2D eigenvalue weighted by molar-refractivity contribution is 5.87. The number of aromatic nitrogens is 1. The molecule has 0 saturated carbocycles. The van der Waals surface area contributed by atoms with Crippen molar-refractivity contribution in [3.63, 3.8) is 0 Å². The minimum absolute atomic E-state index is 0.196. The number of pyridine rings is 1. The van der Waals surface area contributed by atoms with Crippen LogP contribution in [0, 0.1) is 0 Å². The van der Waals surface area contributed by atoms with Crippen molar-refractivity contribution in [2.75, 3.05) is 11.6 Å². The maximum Gasteiger partial charge on any atom is 0.339 e. The summed E-state index contributed by atoms with van der Waals surface area (Å²) in [6.07, 6.45) is 4.55. The van der Waals surface area contributed by atoms with Gasteiger partial charge >= 0.3 is 5.63 Å². The molecule has 0 fully saturated rings. The fraction of sp³-hybridized carbons (Fsp3) is 0.263. The summed E-state index contributed by atoms with van der Waals surface area (Å²) in [5, 5.41) is 1.05. The molecule has 1 aliphatic carbocycles. The van der Waals surface area contributed by atoms with Gasteiger partial charge in [0, 0.05) is 17.1 Å². The van der Waals surface area contributed by atoms with Crippen molar-refractivity contribution >= 4 is 16.8 Å². The third-order valence-electron chi connectivity index (χ3n) is 4.90. The normalized spacial score (nSPS) is 15.9. The van der Waals surface area contributed by atoms with Gasteiger partial charge in [0.2, 0.25) is 0 Å². The molecule has 5 heteroatoms. The molecule has 0 spiro atoms. The Bertz CT molecular complexity index is 995. The fourth-order valence-electron chi connectivity index (χ4n) is 3.74. The van der Waals surface area contributed by atoms with Gasteiger partial charge in [0.15, 0.2) is 6.73 Å². The first kappa shape index (κ1) is 13.6. The molecule has 24 heavy (non-hydrogen) atoms. The summed E-state index contributed by atoms with van der Waals surface area (Å²) in [6, 6.07) is 9.81. The van der Waals surface area contributed by atoms with Crippen LogP contribution in [0.5, 0.6) is 5.75 Å². The largest absolute Gasteiger partial charge is 0.473 e. The lowest BCUT2D eigenvalue weighted by molar-refractivity contribution is 0.288. The highest BCUT2D eigenvalue weighted by Crippen LogP contribution is 2.36. The number of anilines is 1. The summed E-state index contributed by atoms with van der Waals surface area (Å²) in [4.78, 5) is 18.8. The lowest BCUT2D eigenvalue weighted by Crippen LogP contribution is -2.32. The zero-order valence-corrected chi connectivity index (χ0v) is 13.1. The third-order valence-corrected chi connectivity index (χ3v) is 4.90. The van der Waals surface area contributed by atoms with Gasteiger partial charge in [-0.25, -0.2) is 9.78 Å². The van der Waals surface area contributed by atoms with Crippen LogP contribution < -0.4 is 15.3 Å². The first-order valence-corrected chi connectivity index (χ1v) is 8.20. The fourth-order valence-corrected chi connectivity index (χ4v) is 3.74. The van der Waals surface area contributed by atoms with Crippen LogP contribution in [0.4, 0.5) is 5.82 Å². The Hall–Kier alpha value is -2.82. The van der Waals surface area contributed by atoms with Crippen LogP contribution in [0.15, 0.2) is 45.7 Å². The molecule has 1 aromatic carbocycles. The number of aryl methyl sites for hydroxylation is 1. The summed E-state index contributed by atoms with van der Waals surface area (Å²) in [5.74, 6) is 1.64. The van der Waals surface area contributed by atoms with Crippen LogP contribution in [0.1, 0.15) is 23.1 Å².